The molecule has 0 aliphatic rings. The summed E-state index contributed by atoms with van der Waals surface area (Å²) >= 11 is 1.35. The summed E-state index contributed by atoms with van der Waals surface area (Å²) in [6, 6.07) is 1.83. The number of aromatic nitrogens is 2. The monoisotopic (exact) mass is 261 g/mol. The number of hydrogen-bond donors (Lipinski definition) is 1. The van der Waals surface area contributed by atoms with Gasteiger partial charge in [-0.15, -0.1) is 11.3 Å². The predicted octanol–water partition coefficient (Wildman–Crippen LogP) is 2.94. The molecule has 0 spiro atoms. The highest BCUT2D eigenvalue weighted by Gasteiger charge is 2.29. The van der Waals surface area contributed by atoms with Crippen molar-refractivity contribution in [2.45, 2.75) is 25.9 Å². The van der Waals surface area contributed by atoms with Crippen molar-refractivity contribution < 1.29 is 13.2 Å². The van der Waals surface area contributed by atoms with Crippen LogP contribution in [0.3, 0.4) is 0 Å². The number of hydrogen-bond acceptors (Lipinski definition) is 4. The highest BCUT2D eigenvalue weighted by atomic mass is 32.1. The van der Waals surface area contributed by atoms with Gasteiger partial charge in [0.2, 0.25) is 0 Å². The van der Waals surface area contributed by atoms with Crippen LogP contribution >= 0.6 is 11.3 Å². The van der Waals surface area contributed by atoms with Gasteiger partial charge in [-0.3, -0.25) is 0 Å². The summed E-state index contributed by atoms with van der Waals surface area (Å²) in [4.78, 5) is 9.14. The second-order valence-corrected chi connectivity index (χ2v) is 4.72. The van der Waals surface area contributed by atoms with E-state index in [9.17, 15) is 13.2 Å². The number of fused-ring (bicyclic) bond motifs is 1. The van der Waals surface area contributed by atoms with E-state index in [1.165, 1.54) is 11.3 Å². The number of halogens is 3. The fourth-order valence-electron chi connectivity index (χ4n) is 1.47. The van der Waals surface area contributed by atoms with Crippen molar-refractivity contribution >= 4 is 27.4 Å². The highest BCUT2D eigenvalue weighted by molar-refractivity contribution is 7.18. The molecule has 2 aromatic heterocycles. The van der Waals surface area contributed by atoms with Gasteiger partial charge in [0.1, 0.15) is 22.9 Å². The van der Waals surface area contributed by atoms with Gasteiger partial charge in [-0.1, -0.05) is 6.92 Å². The van der Waals surface area contributed by atoms with E-state index in [1.54, 1.807) is 0 Å². The summed E-state index contributed by atoms with van der Waals surface area (Å²) < 4.78 is 36.7. The molecule has 0 atom stereocenters. The van der Waals surface area contributed by atoms with Crippen LogP contribution in [0.1, 0.15) is 17.6 Å². The molecular weight excluding hydrogens is 251 g/mol. The molecule has 2 aromatic rings. The quantitative estimate of drug-likeness (QED) is 0.904. The summed E-state index contributed by atoms with van der Waals surface area (Å²) in [5.74, 6) is -0.155. The average molecular weight is 261 g/mol. The van der Waals surface area contributed by atoms with Gasteiger partial charge in [-0.25, -0.2) is 9.97 Å². The van der Waals surface area contributed by atoms with E-state index >= 15 is 0 Å². The van der Waals surface area contributed by atoms with Crippen molar-refractivity contribution in [1.29, 1.82) is 0 Å². The second kappa shape index (κ2) is 4.14. The van der Waals surface area contributed by atoms with Crippen LogP contribution < -0.4 is 5.73 Å². The Bertz CT molecular complexity index is 547. The first-order chi connectivity index (χ1) is 7.89. The van der Waals surface area contributed by atoms with Crippen molar-refractivity contribution in [2.24, 2.45) is 0 Å². The second-order valence-electron chi connectivity index (χ2n) is 3.60. The van der Waals surface area contributed by atoms with Gasteiger partial charge in [0.05, 0.1) is 5.39 Å². The molecule has 0 aliphatic carbocycles. The zero-order chi connectivity index (χ0) is 12.6. The topological polar surface area (TPSA) is 51.8 Å². The minimum Gasteiger partial charge on any atom is -0.383 e. The molecule has 2 heterocycles. The summed E-state index contributed by atoms with van der Waals surface area (Å²) in [6.45, 7) is 1.96. The largest absolute Gasteiger partial charge is 0.396 e. The Balaban J connectivity index is 2.47. The van der Waals surface area contributed by atoms with E-state index in [2.05, 4.69) is 9.97 Å². The Morgan fingerprint density at radius 1 is 1.35 bits per heavy atom. The molecule has 0 unspecified atom stereocenters. The maximum Gasteiger partial charge on any atom is 0.396 e. The minimum atomic E-state index is -4.31. The van der Waals surface area contributed by atoms with Crippen molar-refractivity contribution in [3.8, 4) is 0 Å². The number of thiophene rings is 1. The third kappa shape index (κ3) is 2.66. The van der Waals surface area contributed by atoms with Crippen molar-refractivity contribution in [3.63, 3.8) is 0 Å². The third-order valence-electron chi connectivity index (χ3n) is 2.23. The van der Waals surface area contributed by atoms with E-state index in [-0.39, 0.29) is 11.6 Å². The zero-order valence-corrected chi connectivity index (χ0v) is 9.82. The van der Waals surface area contributed by atoms with Crippen LogP contribution in [0.5, 0.6) is 0 Å². The first-order valence-corrected chi connectivity index (χ1v) is 5.82. The zero-order valence-electron chi connectivity index (χ0n) is 9.01. The number of nitrogens with two attached hydrogens (primary N) is 1. The van der Waals surface area contributed by atoms with Gasteiger partial charge >= 0.3 is 6.18 Å². The number of aryl methyl sites for hydroxylation is 1. The molecule has 7 heteroatoms. The van der Waals surface area contributed by atoms with Crippen LogP contribution in [0.2, 0.25) is 0 Å². The lowest BCUT2D eigenvalue weighted by Crippen LogP contribution is -2.14. The summed E-state index contributed by atoms with van der Waals surface area (Å²) in [5, 5.41) is 0.637. The fraction of sp³-hybridized carbons (Fsp3) is 0.400. The van der Waals surface area contributed by atoms with Crippen molar-refractivity contribution in [1.82, 2.24) is 9.97 Å². The molecule has 92 valence electrons. The van der Waals surface area contributed by atoms with Crippen LogP contribution in [0.25, 0.3) is 10.2 Å². The molecule has 0 radical (unpaired) electrons. The lowest BCUT2D eigenvalue weighted by Gasteiger charge is -2.05. The van der Waals surface area contributed by atoms with Crippen molar-refractivity contribution in [3.05, 3.63) is 16.8 Å². The molecule has 3 nitrogen and oxygen atoms in total. The molecule has 2 N–H and O–H groups in total. The first kappa shape index (κ1) is 12.1. The molecule has 0 aliphatic heterocycles. The Labute approximate surface area is 99.5 Å². The van der Waals surface area contributed by atoms with Crippen LogP contribution in [0.15, 0.2) is 6.07 Å². The van der Waals surface area contributed by atoms with Crippen LogP contribution in [-0.2, 0) is 12.8 Å². The van der Waals surface area contributed by atoms with E-state index in [0.717, 1.165) is 11.3 Å². The predicted molar refractivity (Wildman–Crippen MR) is 61.0 cm³/mol. The van der Waals surface area contributed by atoms with Gasteiger partial charge in [0.25, 0.3) is 0 Å². The normalized spacial score (nSPS) is 12.2. The summed E-state index contributed by atoms with van der Waals surface area (Å²) in [6.07, 6.45) is -4.66. The van der Waals surface area contributed by atoms with Gasteiger partial charge in [-0.2, -0.15) is 13.2 Å². The standard InChI is InChI=1S/C10H10F3N3S/c1-2-5-3-6-8(14)15-7(4-10(11,12)13)16-9(6)17-5/h3H,2,4H2,1H3,(H2,14,15,16). The Hall–Kier alpha value is -1.37. The molecule has 0 aromatic carbocycles. The molecule has 0 saturated carbocycles. The number of nitrogen functional groups attached to an aromatic ring is 1. The Morgan fingerprint density at radius 3 is 2.65 bits per heavy atom. The lowest BCUT2D eigenvalue weighted by molar-refractivity contribution is -0.128. The SMILES string of the molecule is CCc1cc2c(N)nc(CC(F)(F)F)nc2s1. The molecule has 0 bridgehead atoms. The van der Waals surface area contributed by atoms with E-state index in [0.29, 0.717) is 10.2 Å². The third-order valence-corrected chi connectivity index (χ3v) is 3.40. The fourth-order valence-corrected chi connectivity index (χ4v) is 2.47. The first-order valence-electron chi connectivity index (χ1n) is 5.00. The minimum absolute atomic E-state index is 0.116. The summed E-state index contributed by atoms with van der Waals surface area (Å²) in [5.41, 5.74) is 5.63. The smallest absolute Gasteiger partial charge is 0.383 e. The van der Waals surface area contributed by atoms with Crippen LogP contribution in [-0.4, -0.2) is 16.1 Å². The maximum absolute atomic E-state index is 12.2. The Kier molecular flexibility index (Phi) is 2.94. The van der Waals surface area contributed by atoms with Crippen LogP contribution in [0, 0.1) is 0 Å². The average Bonchev–Trinajstić information content (AvgIpc) is 2.58. The highest BCUT2D eigenvalue weighted by Crippen LogP contribution is 2.29. The molecule has 2 rings (SSSR count). The van der Waals surface area contributed by atoms with Gasteiger partial charge in [0.15, 0.2) is 0 Å². The van der Waals surface area contributed by atoms with Crippen molar-refractivity contribution in [2.75, 3.05) is 5.73 Å². The van der Waals surface area contributed by atoms with Gasteiger partial charge < -0.3 is 5.73 Å². The van der Waals surface area contributed by atoms with Gasteiger partial charge in [0, 0.05) is 4.88 Å². The molecule has 17 heavy (non-hydrogen) atoms. The van der Waals surface area contributed by atoms with E-state index in [4.69, 9.17) is 5.73 Å². The lowest BCUT2D eigenvalue weighted by atomic mass is 10.3. The maximum atomic E-state index is 12.2. The molecule has 0 saturated heterocycles. The molecular formula is C10H10F3N3S. The summed E-state index contributed by atoms with van der Waals surface area (Å²) in [7, 11) is 0. The van der Waals surface area contributed by atoms with E-state index in [1.807, 2.05) is 13.0 Å². The van der Waals surface area contributed by atoms with Gasteiger partial charge in [-0.05, 0) is 12.5 Å². The number of nitrogens with zero attached hydrogens (tertiary/aromatic N) is 2. The number of alkyl halides is 3. The van der Waals surface area contributed by atoms with Crippen LogP contribution in [0.4, 0.5) is 19.0 Å². The van der Waals surface area contributed by atoms with E-state index < -0.39 is 12.6 Å². The molecule has 0 fully saturated rings. The number of anilines is 1. The Morgan fingerprint density at radius 2 is 2.06 bits per heavy atom. The molecule has 0 amide bonds. The number of rotatable bonds is 2.